The number of nitrogens with one attached hydrogen (secondary N) is 1. The maximum atomic E-state index is 12.7. The number of hydrogen-bond donors (Lipinski definition) is 1. The number of nitrogens with zero attached hydrogens (tertiary/aromatic N) is 1. The van der Waals surface area contributed by atoms with Crippen LogP contribution in [-0.4, -0.2) is 25.5 Å². The Balaban J connectivity index is 1.84. The summed E-state index contributed by atoms with van der Waals surface area (Å²) in [4.78, 5) is 4.24. The Kier molecular flexibility index (Phi) is 3.62. The van der Waals surface area contributed by atoms with E-state index in [2.05, 4.69) is 10.3 Å². The molecule has 1 N–H and O–H groups in total. The van der Waals surface area contributed by atoms with E-state index in [9.17, 15) is 4.39 Å². The van der Waals surface area contributed by atoms with Crippen molar-refractivity contribution in [3.05, 3.63) is 29.0 Å². The lowest BCUT2D eigenvalue weighted by molar-refractivity contribution is 0.328. The van der Waals surface area contributed by atoms with Crippen LogP contribution in [0.1, 0.15) is 6.42 Å². The summed E-state index contributed by atoms with van der Waals surface area (Å²) < 4.78 is 18.2. The predicted molar refractivity (Wildman–Crippen MR) is 61.8 cm³/mol. The second-order valence-electron chi connectivity index (χ2n) is 3.43. The van der Waals surface area contributed by atoms with Gasteiger partial charge in [-0.3, -0.25) is 4.99 Å². The minimum atomic E-state index is -0.362. The van der Waals surface area contributed by atoms with Crippen LogP contribution in [0.2, 0.25) is 5.02 Å². The normalized spacial score (nSPS) is 14.5. The van der Waals surface area contributed by atoms with E-state index in [4.69, 9.17) is 16.3 Å². The monoisotopic (exact) mass is 242 g/mol. The first-order valence-electron chi connectivity index (χ1n) is 5.11. The fourth-order valence-corrected chi connectivity index (χ4v) is 1.69. The van der Waals surface area contributed by atoms with Crippen LogP contribution in [0.15, 0.2) is 23.2 Å². The number of aliphatic imine (C=N–C) groups is 1. The third-order valence-corrected chi connectivity index (χ3v) is 2.53. The van der Waals surface area contributed by atoms with Gasteiger partial charge in [0.25, 0.3) is 0 Å². The number of amidine groups is 1. The van der Waals surface area contributed by atoms with Crippen LogP contribution in [0.4, 0.5) is 4.39 Å². The summed E-state index contributed by atoms with van der Waals surface area (Å²) in [7, 11) is 0. The van der Waals surface area contributed by atoms with Gasteiger partial charge in [0.2, 0.25) is 0 Å². The van der Waals surface area contributed by atoms with Crippen molar-refractivity contribution >= 4 is 17.4 Å². The Bertz CT molecular complexity index is 409. The zero-order chi connectivity index (χ0) is 11.4. The fourth-order valence-electron chi connectivity index (χ4n) is 1.46. The standard InChI is InChI=1S/C11H12ClFN2O/c12-9-7-8(13)1-2-10(9)16-6-3-11-14-4-5-15-11/h1-2,7H,3-6H2,(H,14,15). The van der Waals surface area contributed by atoms with Crippen LogP contribution in [0.5, 0.6) is 5.75 Å². The predicted octanol–water partition coefficient (Wildman–Crippen LogP) is 2.25. The molecule has 0 spiro atoms. The van der Waals surface area contributed by atoms with E-state index in [1.54, 1.807) is 0 Å². The lowest BCUT2D eigenvalue weighted by Gasteiger charge is -2.08. The van der Waals surface area contributed by atoms with Gasteiger partial charge >= 0.3 is 0 Å². The van der Waals surface area contributed by atoms with Crippen LogP contribution in [0.25, 0.3) is 0 Å². The molecule has 1 aliphatic rings. The van der Waals surface area contributed by atoms with Gasteiger partial charge in [0.1, 0.15) is 11.6 Å². The van der Waals surface area contributed by atoms with Gasteiger partial charge in [0.15, 0.2) is 0 Å². The molecular formula is C11H12ClFN2O. The average Bonchev–Trinajstić information content (AvgIpc) is 2.74. The molecule has 0 aliphatic carbocycles. The lowest BCUT2D eigenvalue weighted by atomic mass is 10.3. The average molecular weight is 243 g/mol. The van der Waals surface area contributed by atoms with Gasteiger partial charge in [-0.05, 0) is 18.2 Å². The van der Waals surface area contributed by atoms with Crippen LogP contribution in [0.3, 0.4) is 0 Å². The van der Waals surface area contributed by atoms with Gasteiger partial charge in [0.05, 0.1) is 24.0 Å². The molecule has 0 saturated carbocycles. The molecule has 16 heavy (non-hydrogen) atoms. The first-order chi connectivity index (χ1) is 7.75. The molecule has 0 amide bonds. The summed E-state index contributed by atoms with van der Waals surface area (Å²) in [6, 6.07) is 4.09. The Morgan fingerprint density at radius 2 is 2.38 bits per heavy atom. The van der Waals surface area contributed by atoms with Gasteiger partial charge in [-0.1, -0.05) is 11.6 Å². The smallest absolute Gasteiger partial charge is 0.138 e. The zero-order valence-electron chi connectivity index (χ0n) is 8.67. The second kappa shape index (κ2) is 5.16. The number of halogens is 2. The quantitative estimate of drug-likeness (QED) is 0.879. The van der Waals surface area contributed by atoms with E-state index in [1.165, 1.54) is 18.2 Å². The highest BCUT2D eigenvalue weighted by Gasteiger charge is 2.06. The summed E-state index contributed by atoms with van der Waals surface area (Å²) >= 11 is 5.81. The minimum Gasteiger partial charge on any atom is -0.492 e. The van der Waals surface area contributed by atoms with Crippen molar-refractivity contribution in [3.63, 3.8) is 0 Å². The number of benzene rings is 1. The second-order valence-corrected chi connectivity index (χ2v) is 3.84. The highest BCUT2D eigenvalue weighted by molar-refractivity contribution is 6.32. The fraction of sp³-hybridized carbons (Fsp3) is 0.364. The number of hydrogen-bond acceptors (Lipinski definition) is 3. The molecule has 0 unspecified atom stereocenters. The van der Waals surface area contributed by atoms with Crippen molar-refractivity contribution in [1.29, 1.82) is 0 Å². The van der Waals surface area contributed by atoms with Crippen molar-refractivity contribution in [3.8, 4) is 5.75 Å². The molecule has 1 aromatic rings. The maximum absolute atomic E-state index is 12.7. The van der Waals surface area contributed by atoms with Gasteiger partial charge in [0, 0.05) is 13.0 Å². The van der Waals surface area contributed by atoms with E-state index >= 15 is 0 Å². The number of ether oxygens (including phenoxy) is 1. The van der Waals surface area contributed by atoms with Crippen molar-refractivity contribution < 1.29 is 9.13 Å². The van der Waals surface area contributed by atoms with E-state index in [1.807, 2.05) is 0 Å². The molecule has 0 bridgehead atoms. The Morgan fingerprint density at radius 3 is 3.06 bits per heavy atom. The highest BCUT2D eigenvalue weighted by Crippen LogP contribution is 2.24. The molecule has 0 radical (unpaired) electrons. The van der Waals surface area contributed by atoms with Gasteiger partial charge in [-0.25, -0.2) is 4.39 Å². The number of rotatable bonds is 4. The molecule has 0 aromatic heterocycles. The molecule has 1 aliphatic heterocycles. The molecule has 0 atom stereocenters. The molecule has 1 heterocycles. The van der Waals surface area contributed by atoms with Crippen LogP contribution >= 0.6 is 11.6 Å². The lowest BCUT2D eigenvalue weighted by Crippen LogP contribution is -2.20. The van der Waals surface area contributed by atoms with Crippen molar-refractivity contribution in [2.45, 2.75) is 6.42 Å². The van der Waals surface area contributed by atoms with Crippen LogP contribution in [0, 0.1) is 5.82 Å². The molecule has 0 fully saturated rings. The maximum Gasteiger partial charge on any atom is 0.138 e. The van der Waals surface area contributed by atoms with Crippen molar-refractivity contribution in [2.75, 3.05) is 19.7 Å². The molecular weight excluding hydrogens is 231 g/mol. The van der Waals surface area contributed by atoms with E-state index in [0.29, 0.717) is 23.8 Å². The van der Waals surface area contributed by atoms with E-state index < -0.39 is 0 Å². The van der Waals surface area contributed by atoms with E-state index in [-0.39, 0.29) is 5.82 Å². The summed E-state index contributed by atoms with van der Waals surface area (Å²) in [6.45, 7) is 2.20. The minimum absolute atomic E-state index is 0.293. The molecule has 2 rings (SSSR count). The van der Waals surface area contributed by atoms with Gasteiger partial charge in [-0.2, -0.15) is 0 Å². The molecule has 0 saturated heterocycles. The van der Waals surface area contributed by atoms with Crippen molar-refractivity contribution in [1.82, 2.24) is 5.32 Å². The molecule has 3 nitrogen and oxygen atoms in total. The SMILES string of the molecule is Fc1ccc(OCCC2=NCCN2)c(Cl)c1. The third kappa shape index (κ3) is 2.85. The van der Waals surface area contributed by atoms with Crippen molar-refractivity contribution in [2.24, 2.45) is 4.99 Å². The summed E-state index contributed by atoms with van der Waals surface area (Å²) in [5, 5.41) is 3.44. The van der Waals surface area contributed by atoms with Gasteiger partial charge in [-0.15, -0.1) is 0 Å². The summed E-state index contributed by atoms with van der Waals surface area (Å²) in [6.07, 6.45) is 0.716. The van der Waals surface area contributed by atoms with Crippen LogP contribution < -0.4 is 10.1 Å². The highest BCUT2D eigenvalue weighted by atomic mass is 35.5. The topological polar surface area (TPSA) is 33.6 Å². The van der Waals surface area contributed by atoms with E-state index in [0.717, 1.165) is 18.9 Å². The molecule has 1 aromatic carbocycles. The molecule has 5 heteroatoms. The summed E-state index contributed by atoms with van der Waals surface area (Å²) in [5.41, 5.74) is 0. The van der Waals surface area contributed by atoms with Gasteiger partial charge < -0.3 is 10.1 Å². The first kappa shape index (κ1) is 11.2. The summed E-state index contributed by atoms with van der Waals surface area (Å²) in [5.74, 6) is 1.10. The zero-order valence-corrected chi connectivity index (χ0v) is 9.43. The molecule has 86 valence electrons. The largest absolute Gasteiger partial charge is 0.492 e. The van der Waals surface area contributed by atoms with Crippen LogP contribution in [-0.2, 0) is 0 Å². The Hall–Kier alpha value is -1.29. The third-order valence-electron chi connectivity index (χ3n) is 2.23. The first-order valence-corrected chi connectivity index (χ1v) is 5.48. The Morgan fingerprint density at radius 1 is 1.50 bits per heavy atom. The Labute approximate surface area is 98.3 Å².